The van der Waals surface area contributed by atoms with Crippen molar-refractivity contribution >= 4 is 38.9 Å². The zero-order valence-corrected chi connectivity index (χ0v) is 13.2. The Morgan fingerprint density at radius 1 is 1.30 bits per heavy atom. The maximum atomic E-state index is 14.0. The first-order chi connectivity index (χ1) is 9.21. The Morgan fingerprint density at radius 2 is 1.95 bits per heavy atom. The maximum absolute atomic E-state index is 14.0. The van der Waals surface area contributed by atoms with Gasteiger partial charge in [0.25, 0.3) is 0 Å². The van der Waals surface area contributed by atoms with Gasteiger partial charge in [-0.1, -0.05) is 12.1 Å². The van der Waals surface area contributed by atoms with Crippen LogP contribution < -0.4 is 0 Å². The first-order valence-corrected chi connectivity index (χ1v) is 7.52. The molecule has 1 heterocycles. The number of thiophene rings is 1. The zero-order valence-electron chi connectivity index (χ0n) is 10.1. The van der Waals surface area contributed by atoms with E-state index >= 15 is 0 Å². The van der Waals surface area contributed by atoms with Crippen LogP contribution in [0.15, 0.2) is 28.1 Å². The fourth-order valence-electron chi connectivity index (χ4n) is 1.73. The van der Waals surface area contributed by atoms with Gasteiger partial charge in [-0.05, 0) is 40.5 Å². The van der Waals surface area contributed by atoms with Gasteiger partial charge < -0.3 is 0 Å². The summed E-state index contributed by atoms with van der Waals surface area (Å²) in [6.07, 6.45) is -4.73. The van der Waals surface area contributed by atoms with Crippen LogP contribution in [0.3, 0.4) is 0 Å². The Balaban J connectivity index is 2.48. The van der Waals surface area contributed by atoms with Crippen LogP contribution in [0.2, 0.25) is 0 Å². The van der Waals surface area contributed by atoms with Crippen LogP contribution in [-0.4, -0.2) is 0 Å². The number of hydrogen-bond donors (Lipinski definition) is 0. The lowest BCUT2D eigenvalue weighted by Gasteiger charge is -2.14. The molecular formula is C13H8BrClF4S. The Kier molecular flexibility index (Phi) is 4.47. The second kappa shape index (κ2) is 5.66. The summed E-state index contributed by atoms with van der Waals surface area (Å²) < 4.78 is 52.8. The first-order valence-electron chi connectivity index (χ1n) is 5.47. The number of rotatable bonds is 2. The molecule has 0 bridgehead atoms. The van der Waals surface area contributed by atoms with Gasteiger partial charge in [0.2, 0.25) is 0 Å². The van der Waals surface area contributed by atoms with Crippen LogP contribution >= 0.6 is 38.9 Å². The molecule has 0 nitrogen and oxygen atoms in total. The van der Waals surface area contributed by atoms with Crippen molar-refractivity contribution < 1.29 is 17.6 Å². The second-order valence-electron chi connectivity index (χ2n) is 4.17. The van der Waals surface area contributed by atoms with Crippen molar-refractivity contribution in [3.05, 3.63) is 55.4 Å². The van der Waals surface area contributed by atoms with Crippen molar-refractivity contribution in [2.24, 2.45) is 0 Å². The Labute approximate surface area is 130 Å². The molecule has 1 aromatic carbocycles. The third-order valence-electron chi connectivity index (χ3n) is 2.73. The van der Waals surface area contributed by atoms with E-state index in [9.17, 15) is 17.6 Å². The molecule has 2 rings (SSSR count). The van der Waals surface area contributed by atoms with Gasteiger partial charge in [-0.2, -0.15) is 13.2 Å². The second-order valence-corrected chi connectivity index (χ2v) is 7.01. The summed E-state index contributed by atoms with van der Waals surface area (Å²) in [4.78, 5) is 0.592. The molecule has 0 aliphatic carbocycles. The fourth-order valence-corrected chi connectivity index (χ4v) is 3.66. The SMILES string of the molecule is Cc1cc(C(Cl)c2cccc(C(F)(F)F)c2F)sc1Br. The normalized spacial score (nSPS) is 13.6. The van der Waals surface area contributed by atoms with E-state index in [0.29, 0.717) is 10.9 Å². The quantitative estimate of drug-likeness (QED) is 0.419. The van der Waals surface area contributed by atoms with Crippen LogP contribution in [0.25, 0.3) is 0 Å². The van der Waals surface area contributed by atoms with Crippen molar-refractivity contribution in [2.45, 2.75) is 18.5 Å². The molecule has 108 valence electrons. The molecular weight excluding hydrogens is 380 g/mol. The standard InChI is InChI=1S/C13H8BrClF4S/c1-6-5-9(20-12(6)14)10(15)7-3-2-4-8(11(7)16)13(17,18)19/h2-5,10H,1H3. The first kappa shape index (κ1) is 15.8. The lowest BCUT2D eigenvalue weighted by atomic mass is 10.0. The van der Waals surface area contributed by atoms with Crippen molar-refractivity contribution in [1.82, 2.24) is 0 Å². The Bertz CT molecular complexity index is 616. The molecule has 0 saturated heterocycles. The summed E-state index contributed by atoms with van der Waals surface area (Å²) in [5.41, 5.74) is -0.564. The minimum absolute atomic E-state index is 0.171. The van der Waals surface area contributed by atoms with E-state index in [1.165, 1.54) is 17.4 Å². The van der Waals surface area contributed by atoms with E-state index in [1.54, 1.807) is 6.07 Å². The van der Waals surface area contributed by atoms with Crippen molar-refractivity contribution in [2.75, 3.05) is 0 Å². The number of aryl methyl sites for hydroxylation is 1. The molecule has 0 amide bonds. The monoisotopic (exact) mass is 386 g/mol. The highest BCUT2D eigenvalue weighted by molar-refractivity contribution is 9.11. The average molecular weight is 388 g/mol. The molecule has 0 fully saturated rings. The molecule has 7 heteroatoms. The average Bonchev–Trinajstić information content (AvgIpc) is 2.67. The Morgan fingerprint density at radius 3 is 2.45 bits per heavy atom. The van der Waals surface area contributed by atoms with Crippen LogP contribution in [0, 0.1) is 12.7 Å². The van der Waals surface area contributed by atoms with E-state index < -0.39 is 22.9 Å². The van der Waals surface area contributed by atoms with E-state index in [2.05, 4.69) is 15.9 Å². The topological polar surface area (TPSA) is 0 Å². The predicted octanol–water partition coefficient (Wildman–Crippen LogP) is 6.31. The minimum atomic E-state index is -4.73. The summed E-state index contributed by atoms with van der Waals surface area (Å²) in [6, 6.07) is 4.86. The molecule has 0 aliphatic rings. The number of halogens is 6. The molecule has 0 spiro atoms. The van der Waals surface area contributed by atoms with Crippen LogP contribution in [0.1, 0.15) is 26.9 Å². The highest BCUT2D eigenvalue weighted by Gasteiger charge is 2.35. The molecule has 0 saturated carbocycles. The molecule has 0 aliphatic heterocycles. The molecule has 1 atom stereocenters. The molecule has 2 aromatic rings. The molecule has 1 aromatic heterocycles. The molecule has 1 unspecified atom stereocenters. The lowest BCUT2D eigenvalue weighted by molar-refractivity contribution is -0.140. The largest absolute Gasteiger partial charge is 0.419 e. The summed E-state index contributed by atoms with van der Waals surface area (Å²) in [5.74, 6) is -1.32. The van der Waals surface area contributed by atoms with Crippen LogP contribution in [0.5, 0.6) is 0 Å². The predicted molar refractivity (Wildman–Crippen MR) is 75.9 cm³/mol. The van der Waals surface area contributed by atoms with Crippen molar-refractivity contribution in [3.8, 4) is 0 Å². The summed E-state index contributed by atoms with van der Waals surface area (Å²) in [5, 5.41) is -0.952. The summed E-state index contributed by atoms with van der Waals surface area (Å²) in [6.45, 7) is 1.83. The van der Waals surface area contributed by atoms with Crippen molar-refractivity contribution in [1.29, 1.82) is 0 Å². The van der Waals surface area contributed by atoms with Gasteiger partial charge in [0.05, 0.1) is 14.7 Å². The third-order valence-corrected chi connectivity index (χ3v) is 5.53. The van der Waals surface area contributed by atoms with Gasteiger partial charge in [-0.15, -0.1) is 22.9 Å². The van der Waals surface area contributed by atoms with Gasteiger partial charge in [-0.25, -0.2) is 4.39 Å². The maximum Gasteiger partial charge on any atom is 0.419 e. The van der Waals surface area contributed by atoms with Crippen LogP contribution in [-0.2, 0) is 6.18 Å². The highest BCUT2D eigenvalue weighted by Crippen LogP contribution is 2.41. The third kappa shape index (κ3) is 3.02. The van der Waals surface area contributed by atoms with Gasteiger partial charge in [-0.3, -0.25) is 0 Å². The summed E-state index contributed by atoms with van der Waals surface area (Å²) in [7, 11) is 0. The van der Waals surface area contributed by atoms with E-state index in [-0.39, 0.29) is 5.56 Å². The van der Waals surface area contributed by atoms with E-state index in [4.69, 9.17) is 11.6 Å². The van der Waals surface area contributed by atoms with E-state index in [0.717, 1.165) is 15.4 Å². The number of benzene rings is 1. The number of hydrogen-bond acceptors (Lipinski definition) is 1. The van der Waals surface area contributed by atoms with Gasteiger partial charge in [0.15, 0.2) is 0 Å². The molecule has 0 N–H and O–H groups in total. The highest BCUT2D eigenvalue weighted by atomic mass is 79.9. The zero-order chi connectivity index (χ0) is 15.1. The summed E-state index contributed by atoms with van der Waals surface area (Å²) >= 11 is 10.7. The lowest BCUT2D eigenvalue weighted by Crippen LogP contribution is -2.10. The Hall–Kier alpha value is -0.590. The van der Waals surface area contributed by atoms with Gasteiger partial charge in [0, 0.05) is 10.4 Å². The minimum Gasteiger partial charge on any atom is -0.206 e. The number of alkyl halides is 4. The van der Waals surface area contributed by atoms with Gasteiger partial charge in [0.1, 0.15) is 5.82 Å². The van der Waals surface area contributed by atoms with Gasteiger partial charge >= 0.3 is 6.18 Å². The van der Waals surface area contributed by atoms with Crippen molar-refractivity contribution in [3.63, 3.8) is 0 Å². The molecule has 20 heavy (non-hydrogen) atoms. The smallest absolute Gasteiger partial charge is 0.206 e. The fraction of sp³-hybridized carbons (Fsp3) is 0.231. The molecule has 0 radical (unpaired) electrons. The van der Waals surface area contributed by atoms with Crippen LogP contribution in [0.4, 0.5) is 17.6 Å². The van der Waals surface area contributed by atoms with E-state index in [1.807, 2.05) is 6.92 Å².